The fourth-order valence-electron chi connectivity index (χ4n) is 3.59. The highest BCUT2D eigenvalue weighted by Gasteiger charge is 2.31. The molecule has 0 spiro atoms. The highest BCUT2D eigenvalue weighted by atomic mass is 35.5. The summed E-state index contributed by atoms with van der Waals surface area (Å²) >= 11 is 5.83. The van der Waals surface area contributed by atoms with Crippen molar-refractivity contribution in [2.45, 2.75) is 31.9 Å². The number of nitrogens with zero attached hydrogens (tertiary/aromatic N) is 3. The second kappa shape index (κ2) is 9.75. The van der Waals surface area contributed by atoms with Gasteiger partial charge in [-0.2, -0.15) is 15.4 Å². The van der Waals surface area contributed by atoms with Crippen LogP contribution >= 0.6 is 11.6 Å². The van der Waals surface area contributed by atoms with Crippen molar-refractivity contribution in [3.8, 4) is 5.75 Å². The van der Waals surface area contributed by atoms with Crippen molar-refractivity contribution in [3.63, 3.8) is 0 Å². The van der Waals surface area contributed by atoms with E-state index in [1.807, 2.05) is 0 Å². The van der Waals surface area contributed by atoms with Crippen LogP contribution < -0.4 is 10.1 Å². The number of hydrogen-bond donors (Lipinski definition) is 2. The first-order valence-corrected chi connectivity index (χ1v) is 10.6. The zero-order valence-electron chi connectivity index (χ0n) is 17.6. The SMILES string of the molecule is O=C(NC1CCN(C(=O)OCc2cc(Cl)cc(OC(F)(F)F)c2)CC1)c1ccc2n[nH]nc2c1. The number of aromatic amines is 1. The Kier molecular flexibility index (Phi) is 6.77. The third-order valence-corrected chi connectivity index (χ3v) is 5.41. The van der Waals surface area contributed by atoms with E-state index in [0.29, 0.717) is 42.5 Å². The van der Waals surface area contributed by atoms with E-state index in [1.54, 1.807) is 18.2 Å². The number of halogens is 4. The van der Waals surface area contributed by atoms with Crippen LogP contribution in [0.25, 0.3) is 11.0 Å². The normalized spacial score (nSPS) is 14.8. The monoisotopic (exact) mass is 497 g/mol. The van der Waals surface area contributed by atoms with Crippen LogP contribution in [-0.4, -0.2) is 57.8 Å². The van der Waals surface area contributed by atoms with Gasteiger partial charge in [-0.05, 0) is 54.8 Å². The van der Waals surface area contributed by atoms with E-state index >= 15 is 0 Å². The largest absolute Gasteiger partial charge is 0.573 e. The summed E-state index contributed by atoms with van der Waals surface area (Å²) in [6, 6.07) is 8.38. The molecule has 1 aliphatic rings. The van der Waals surface area contributed by atoms with E-state index in [2.05, 4.69) is 25.5 Å². The van der Waals surface area contributed by atoms with E-state index in [1.165, 1.54) is 11.0 Å². The third kappa shape index (κ3) is 6.07. The van der Waals surface area contributed by atoms with Gasteiger partial charge in [0, 0.05) is 29.7 Å². The first-order chi connectivity index (χ1) is 16.2. The Morgan fingerprint density at radius 3 is 2.59 bits per heavy atom. The molecule has 0 aliphatic carbocycles. The molecule has 1 fully saturated rings. The van der Waals surface area contributed by atoms with Gasteiger partial charge < -0.3 is 19.7 Å². The van der Waals surface area contributed by atoms with Gasteiger partial charge in [0.25, 0.3) is 5.91 Å². The number of aromatic nitrogens is 3. The summed E-state index contributed by atoms with van der Waals surface area (Å²) in [6.45, 7) is 0.433. The van der Waals surface area contributed by atoms with Crippen molar-refractivity contribution in [3.05, 3.63) is 52.5 Å². The number of ether oxygens (including phenoxy) is 2. The second-order valence-corrected chi connectivity index (χ2v) is 8.10. The molecule has 13 heteroatoms. The summed E-state index contributed by atoms with van der Waals surface area (Å²) in [7, 11) is 0. The lowest BCUT2D eigenvalue weighted by molar-refractivity contribution is -0.274. The van der Waals surface area contributed by atoms with Crippen LogP contribution in [0.4, 0.5) is 18.0 Å². The number of carbonyl (C=O) groups is 2. The van der Waals surface area contributed by atoms with Crippen molar-refractivity contribution in [2.24, 2.45) is 0 Å². The number of alkyl halides is 3. The van der Waals surface area contributed by atoms with E-state index < -0.39 is 18.2 Å². The quantitative estimate of drug-likeness (QED) is 0.550. The molecule has 1 saturated heterocycles. The van der Waals surface area contributed by atoms with Gasteiger partial charge in [0.2, 0.25) is 0 Å². The molecule has 34 heavy (non-hydrogen) atoms. The summed E-state index contributed by atoms with van der Waals surface area (Å²) < 4.78 is 46.4. The number of benzene rings is 2. The van der Waals surface area contributed by atoms with Crippen LogP contribution in [0.15, 0.2) is 36.4 Å². The van der Waals surface area contributed by atoms with Crippen molar-refractivity contribution in [1.82, 2.24) is 25.6 Å². The number of rotatable bonds is 5. The molecule has 180 valence electrons. The molecule has 2 amide bonds. The number of amides is 2. The van der Waals surface area contributed by atoms with Crippen LogP contribution in [0.2, 0.25) is 5.02 Å². The molecule has 1 aliphatic heterocycles. The number of piperidine rings is 1. The average molecular weight is 498 g/mol. The first-order valence-electron chi connectivity index (χ1n) is 10.2. The molecule has 2 N–H and O–H groups in total. The zero-order valence-corrected chi connectivity index (χ0v) is 18.3. The Bertz CT molecular complexity index is 1190. The number of likely N-dealkylation sites (tertiary alicyclic amines) is 1. The Labute approximate surface area is 196 Å². The highest BCUT2D eigenvalue weighted by molar-refractivity contribution is 6.30. The molecule has 4 rings (SSSR count). The van der Waals surface area contributed by atoms with Crippen molar-refractivity contribution >= 4 is 34.6 Å². The van der Waals surface area contributed by atoms with Crippen LogP contribution in [-0.2, 0) is 11.3 Å². The summed E-state index contributed by atoms with van der Waals surface area (Å²) in [5.41, 5.74) is 1.96. The predicted molar refractivity (Wildman–Crippen MR) is 114 cm³/mol. The molecule has 0 bridgehead atoms. The lowest BCUT2D eigenvalue weighted by Gasteiger charge is -2.31. The van der Waals surface area contributed by atoms with Crippen molar-refractivity contribution < 1.29 is 32.2 Å². The van der Waals surface area contributed by atoms with Crippen molar-refractivity contribution in [2.75, 3.05) is 13.1 Å². The maximum Gasteiger partial charge on any atom is 0.573 e. The minimum Gasteiger partial charge on any atom is -0.445 e. The Morgan fingerprint density at radius 1 is 1.12 bits per heavy atom. The molecule has 0 saturated carbocycles. The molecular formula is C21H19ClF3N5O4. The minimum absolute atomic E-state index is 0.0204. The van der Waals surface area contributed by atoms with Crippen LogP contribution in [0.3, 0.4) is 0 Å². The highest BCUT2D eigenvalue weighted by Crippen LogP contribution is 2.27. The van der Waals surface area contributed by atoms with Gasteiger partial charge >= 0.3 is 12.5 Å². The molecule has 9 nitrogen and oxygen atoms in total. The van der Waals surface area contributed by atoms with Crippen LogP contribution in [0.1, 0.15) is 28.8 Å². The standard InChI is InChI=1S/C21H19ClF3N5O4/c22-14-7-12(8-16(10-14)34-21(23,24)25)11-33-20(32)30-5-3-15(4-6-30)26-19(31)13-1-2-17-18(9-13)28-29-27-17/h1-2,7-10,15H,3-6,11H2,(H,26,31)(H,27,28,29). The number of carbonyl (C=O) groups excluding carboxylic acids is 2. The average Bonchev–Trinajstić information content (AvgIpc) is 3.24. The van der Waals surface area contributed by atoms with E-state index in [0.717, 1.165) is 12.1 Å². The topological polar surface area (TPSA) is 109 Å². The van der Waals surface area contributed by atoms with Gasteiger partial charge in [0.05, 0.1) is 0 Å². The van der Waals surface area contributed by atoms with Gasteiger partial charge in [0.15, 0.2) is 0 Å². The number of nitrogens with one attached hydrogen (secondary N) is 2. The smallest absolute Gasteiger partial charge is 0.445 e. The van der Waals surface area contributed by atoms with Crippen LogP contribution in [0, 0.1) is 0 Å². The van der Waals surface area contributed by atoms with E-state index in [9.17, 15) is 22.8 Å². The van der Waals surface area contributed by atoms with Gasteiger partial charge in [-0.3, -0.25) is 4.79 Å². The fraction of sp³-hybridized carbons (Fsp3) is 0.333. The predicted octanol–water partition coefficient (Wildman–Crippen LogP) is 4.04. The molecule has 2 aromatic carbocycles. The zero-order chi connectivity index (χ0) is 24.3. The van der Waals surface area contributed by atoms with Crippen LogP contribution in [0.5, 0.6) is 5.75 Å². The summed E-state index contributed by atoms with van der Waals surface area (Å²) in [4.78, 5) is 26.4. The third-order valence-electron chi connectivity index (χ3n) is 5.19. The Morgan fingerprint density at radius 2 is 1.85 bits per heavy atom. The molecule has 0 unspecified atom stereocenters. The molecule has 0 radical (unpaired) electrons. The Hall–Kier alpha value is -3.54. The van der Waals surface area contributed by atoms with E-state index in [4.69, 9.17) is 16.3 Å². The fourth-order valence-corrected chi connectivity index (χ4v) is 3.84. The molecule has 2 heterocycles. The van der Waals surface area contributed by atoms with E-state index in [-0.39, 0.29) is 29.1 Å². The molecule has 1 aromatic heterocycles. The van der Waals surface area contributed by atoms with Gasteiger partial charge in [-0.15, -0.1) is 13.2 Å². The first kappa shape index (κ1) is 23.6. The lowest BCUT2D eigenvalue weighted by Crippen LogP contribution is -2.46. The van der Waals surface area contributed by atoms with Gasteiger partial charge in [-0.25, -0.2) is 4.79 Å². The summed E-state index contributed by atoms with van der Waals surface area (Å²) in [5.74, 6) is -0.742. The number of hydrogen-bond acceptors (Lipinski definition) is 6. The summed E-state index contributed by atoms with van der Waals surface area (Å²) in [5, 5.41) is 13.4. The lowest BCUT2D eigenvalue weighted by atomic mass is 10.0. The van der Waals surface area contributed by atoms with Crippen molar-refractivity contribution in [1.29, 1.82) is 0 Å². The second-order valence-electron chi connectivity index (χ2n) is 7.66. The molecule has 3 aromatic rings. The maximum absolute atomic E-state index is 12.5. The van der Waals surface area contributed by atoms with Gasteiger partial charge in [0.1, 0.15) is 23.4 Å². The number of H-pyrrole nitrogens is 1. The number of fused-ring (bicyclic) bond motifs is 1. The van der Waals surface area contributed by atoms with Gasteiger partial charge in [-0.1, -0.05) is 11.6 Å². The summed E-state index contributed by atoms with van der Waals surface area (Å²) in [6.07, 6.45) is -4.43. The maximum atomic E-state index is 12.5. The minimum atomic E-state index is -4.86. The Balaban J connectivity index is 1.25. The molecular weight excluding hydrogens is 479 g/mol. The molecule has 0 atom stereocenters.